The van der Waals surface area contributed by atoms with Gasteiger partial charge in [-0.2, -0.15) is 4.52 Å². The van der Waals surface area contributed by atoms with Gasteiger partial charge in [-0.1, -0.05) is 17.7 Å². The summed E-state index contributed by atoms with van der Waals surface area (Å²) in [4.78, 5) is 0. The van der Waals surface area contributed by atoms with Crippen molar-refractivity contribution in [2.75, 3.05) is 5.32 Å². The van der Waals surface area contributed by atoms with Gasteiger partial charge in [0.2, 0.25) is 0 Å². The molecule has 0 aliphatic heterocycles. The summed E-state index contributed by atoms with van der Waals surface area (Å²) >= 11 is 5.93. The molecule has 0 aliphatic carbocycles. The van der Waals surface area contributed by atoms with Gasteiger partial charge >= 0.3 is 0 Å². The lowest BCUT2D eigenvalue weighted by molar-refractivity contribution is 0.475. The van der Waals surface area contributed by atoms with Crippen LogP contribution in [0.1, 0.15) is 11.4 Å². The van der Waals surface area contributed by atoms with Gasteiger partial charge in [0.05, 0.1) is 5.02 Å². The summed E-state index contributed by atoms with van der Waals surface area (Å²) in [6, 6.07) is 11.3. The van der Waals surface area contributed by atoms with Crippen LogP contribution >= 0.6 is 11.6 Å². The van der Waals surface area contributed by atoms with Crippen molar-refractivity contribution >= 4 is 28.8 Å². The lowest BCUT2D eigenvalue weighted by Crippen LogP contribution is -2.03. The minimum absolute atomic E-state index is 0.00143. The van der Waals surface area contributed by atoms with E-state index in [0.29, 0.717) is 23.7 Å². The van der Waals surface area contributed by atoms with E-state index in [2.05, 4.69) is 20.6 Å². The van der Waals surface area contributed by atoms with Crippen LogP contribution in [0.15, 0.2) is 48.5 Å². The van der Waals surface area contributed by atoms with E-state index >= 15 is 0 Å². The Bertz CT molecular complexity index is 1130. The van der Waals surface area contributed by atoms with Crippen LogP contribution in [-0.4, -0.2) is 24.9 Å². The molecule has 2 aromatic carbocycles. The number of benzene rings is 2. The molecule has 0 saturated heterocycles. The fourth-order valence-electron chi connectivity index (χ4n) is 2.63. The van der Waals surface area contributed by atoms with E-state index < -0.39 is 11.6 Å². The molecule has 0 amide bonds. The second-order valence-electron chi connectivity index (χ2n) is 5.85. The van der Waals surface area contributed by atoms with Crippen molar-refractivity contribution in [3.63, 3.8) is 0 Å². The Morgan fingerprint density at radius 1 is 1.00 bits per heavy atom. The van der Waals surface area contributed by atoms with Crippen molar-refractivity contribution in [2.45, 2.75) is 6.42 Å². The monoisotopic (exact) mass is 387 g/mol. The molecule has 4 rings (SSSR count). The Hall–Kier alpha value is -3.26. The number of fused-ring (bicyclic) bond motifs is 1. The minimum atomic E-state index is -0.687. The SMILES string of the molecule is Oc1ccc(Cc2nnc3ccc(Nc4cc(F)cc(F)c4)nn23)cc1Cl. The maximum Gasteiger partial charge on any atom is 0.178 e. The Morgan fingerprint density at radius 2 is 1.78 bits per heavy atom. The molecule has 0 atom stereocenters. The highest BCUT2D eigenvalue weighted by Gasteiger charge is 2.10. The molecule has 0 radical (unpaired) electrons. The summed E-state index contributed by atoms with van der Waals surface area (Å²) in [5.74, 6) is -0.461. The molecule has 0 unspecified atom stereocenters. The van der Waals surface area contributed by atoms with Gasteiger partial charge in [-0.15, -0.1) is 15.3 Å². The highest BCUT2D eigenvalue weighted by molar-refractivity contribution is 6.32. The van der Waals surface area contributed by atoms with Gasteiger partial charge in [0, 0.05) is 18.2 Å². The zero-order valence-corrected chi connectivity index (χ0v) is 14.5. The number of anilines is 2. The lowest BCUT2D eigenvalue weighted by atomic mass is 10.1. The van der Waals surface area contributed by atoms with Gasteiger partial charge in [-0.05, 0) is 42.0 Å². The van der Waals surface area contributed by atoms with Gasteiger partial charge in [0.1, 0.15) is 17.4 Å². The zero-order valence-electron chi connectivity index (χ0n) is 13.7. The third-order valence-electron chi connectivity index (χ3n) is 3.84. The number of nitrogens with zero attached hydrogens (tertiary/aromatic N) is 4. The molecule has 0 spiro atoms. The molecular weight excluding hydrogens is 376 g/mol. The standard InChI is InChI=1S/C18H12ClF2N5O/c19-14-5-10(1-2-15(14)27)6-18-24-23-17-4-3-16(25-26(17)18)22-13-8-11(20)7-12(21)9-13/h1-5,7-9,27H,6H2,(H,22,25). The fraction of sp³-hybridized carbons (Fsp3) is 0.0556. The molecule has 2 aromatic heterocycles. The molecule has 4 aromatic rings. The van der Waals surface area contributed by atoms with E-state index in [1.54, 1.807) is 24.3 Å². The van der Waals surface area contributed by atoms with Crippen LogP contribution in [0, 0.1) is 11.6 Å². The minimum Gasteiger partial charge on any atom is -0.506 e. The number of phenolic OH excluding ortho intramolecular Hbond substituents is 1. The van der Waals surface area contributed by atoms with Crippen molar-refractivity contribution in [3.8, 4) is 5.75 Å². The van der Waals surface area contributed by atoms with Crippen molar-refractivity contribution < 1.29 is 13.9 Å². The number of halogens is 3. The van der Waals surface area contributed by atoms with Gasteiger partial charge in [-0.25, -0.2) is 8.78 Å². The van der Waals surface area contributed by atoms with Crippen molar-refractivity contribution in [1.82, 2.24) is 19.8 Å². The quantitative estimate of drug-likeness (QED) is 0.551. The molecule has 136 valence electrons. The van der Waals surface area contributed by atoms with Crippen LogP contribution in [0.2, 0.25) is 5.02 Å². The third kappa shape index (κ3) is 3.65. The average molecular weight is 388 g/mol. The second kappa shape index (κ2) is 6.81. The first-order valence-corrected chi connectivity index (χ1v) is 8.27. The van der Waals surface area contributed by atoms with Crippen LogP contribution in [0.5, 0.6) is 5.75 Å². The van der Waals surface area contributed by atoms with Crippen LogP contribution < -0.4 is 5.32 Å². The molecule has 0 fully saturated rings. The highest BCUT2D eigenvalue weighted by atomic mass is 35.5. The number of hydrogen-bond acceptors (Lipinski definition) is 5. The topological polar surface area (TPSA) is 75.3 Å². The Labute approximate surface area is 157 Å². The highest BCUT2D eigenvalue weighted by Crippen LogP contribution is 2.25. The molecule has 0 saturated carbocycles. The average Bonchev–Trinajstić information content (AvgIpc) is 3.00. The summed E-state index contributed by atoms with van der Waals surface area (Å²) in [6.07, 6.45) is 0.381. The van der Waals surface area contributed by atoms with Crippen LogP contribution in [0.25, 0.3) is 5.65 Å². The second-order valence-corrected chi connectivity index (χ2v) is 6.26. The molecule has 0 aliphatic rings. The molecule has 0 bridgehead atoms. The van der Waals surface area contributed by atoms with E-state index in [-0.39, 0.29) is 16.5 Å². The fourth-order valence-corrected chi connectivity index (χ4v) is 2.83. The number of hydrogen-bond donors (Lipinski definition) is 2. The smallest absolute Gasteiger partial charge is 0.178 e. The van der Waals surface area contributed by atoms with E-state index in [1.165, 1.54) is 22.7 Å². The molecule has 6 nitrogen and oxygen atoms in total. The Kier molecular flexibility index (Phi) is 4.33. The summed E-state index contributed by atoms with van der Waals surface area (Å²) in [5.41, 5.74) is 1.57. The molecule has 27 heavy (non-hydrogen) atoms. The summed E-state index contributed by atoms with van der Waals surface area (Å²) in [5, 5.41) is 25.2. The van der Waals surface area contributed by atoms with Crippen LogP contribution in [-0.2, 0) is 6.42 Å². The summed E-state index contributed by atoms with van der Waals surface area (Å²) in [7, 11) is 0. The molecule has 2 heterocycles. The number of nitrogens with one attached hydrogen (secondary N) is 1. The predicted molar refractivity (Wildman–Crippen MR) is 96.3 cm³/mol. The van der Waals surface area contributed by atoms with Gasteiger partial charge < -0.3 is 10.4 Å². The number of phenols is 1. The predicted octanol–water partition coefficient (Wildman–Crippen LogP) is 4.10. The largest absolute Gasteiger partial charge is 0.506 e. The number of rotatable bonds is 4. The molecule has 2 N–H and O–H groups in total. The maximum atomic E-state index is 13.3. The normalized spacial score (nSPS) is 11.1. The Balaban J connectivity index is 1.65. The van der Waals surface area contributed by atoms with Crippen molar-refractivity contribution in [3.05, 3.63) is 76.6 Å². The first kappa shape index (κ1) is 17.2. The van der Waals surface area contributed by atoms with Crippen LogP contribution in [0.4, 0.5) is 20.3 Å². The van der Waals surface area contributed by atoms with E-state index in [1.807, 2.05) is 0 Å². The molecular formula is C18H12ClF2N5O. The zero-order chi connectivity index (χ0) is 19.0. The van der Waals surface area contributed by atoms with Crippen LogP contribution in [0.3, 0.4) is 0 Å². The summed E-state index contributed by atoms with van der Waals surface area (Å²) < 4.78 is 28.2. The Morgan fingerprint density at radius 3 is 2.52 bits per heavy atom. The first-order chi connectivity index (χ1) is 13.0. The third-order valence-corrected chi connectivity index (χ3v) is 4.14. The lowest BCUT2D eigenvalue weighted by Gasteiger charge is -2.07. The van der Waals surface area contributed by atoms with E-state index in [0.717, 1.165) is 11.6 Å². The maximum absolute atomic E-state index is 13.3. The number of aromatic hydroxyl groups is 1. The van der Waals surface area contributed by atoms with Gasteiger partial charge in [0.25, 0.3) is 0 Å². The first-order valence-electron chi connectivity index (χ1n) is 7.90. The summed E-state index contributed by atoms with van der Waals surface area (Å²) in [6.45, 7) is 0. The van der Waals surface area contributed by atoms with Crippen molar-refractivity contribution in [2.24, 2.45) is 0 Å². The molecule has 9 heteroatoms. The van der Waals surface area contributed by atoms with Gasteiger partial charge in [-0.3, -0.25) is 0 Å². The van der Waals surface area contributed by atoms with Gasteiger partial charge in [0.15, 0.2) is 17.3 Å². The van der Waals surface area contributed by atoms with E-state index in [4.69, 9.17) is 11.6 Å². The van der Waals surface area contributed by atoms with E-state index in [9.17, 15) is 13.9 Å². The van der Waals surface area contributed by atoms with Crippen molar-refractivity contribution in [1.29, 1.82) is 0 Å². The number of aromatic nitrogens is 4.